The van der Waals surface area contributed by atoms with Crippen molar-refractivity contribution < 1.29 is 9.53 Å². The first kappa shape index (κ1) is 12.3. The SMILES string of the molecule is COC(=O)c1cc(-c2ccccc2)nc2cc(C)nn12. The van der Waals surface area contributed by atoms with Crippen LogP contribution in [0.15, 0.2) is 42.5 Å². The quantitative estimate of drug-likeness (QED) is 0.669. The summed E-state index contributed by atoms with van der Waals surface area (Å²) >= 11 is 0. The van der Waals surface area contributed by atoms with Crippen LogP contribution in [-0.2, 0) is 4.74 Å². The van der Waals surface area contributed by atoms with Crippen molar-refractivity contribution >= 4 is 11.6 Å². The summed E-state index contributed by atoms with van der Waals surface area (Å²) < 4.78 is 6.32. The maximum atomic E-state index is 11.9. The number of ether oxygens (including phenoxy) is 1. The normalized spacial score (nSPS) is 10.7. The molecule has 0 amide bonds. The van der Waals surface area contributed by atoms with Crippen LogP contribution in [0.1, 0.15) is 16.2 Å². The summed E-state index contributed by atoms with van der Waals surface area (Å²) in [5.74, 6) is -0.433. The molecular weight excluding hydrogens is 254 g/mol. The van der Waals surface area contributed by atoms with Gasteiger partial charge in [-0.3, -0.25) is 0 Å². The summed E-state index contributed by atoms with van der Waals surface area (Å²) in [6.07, 6.45) is 0. The van der Waals surface area contributed by atoms with Crippen molar-refractivity contribution in [2.45, 2.75) is 6.92 Å². The van der Waals surface area contributed by atoms with Gasteiger partial charge in [-0.25, -0.2) is 14.3 Å². The standard InChI is InChI=1S/C15H13N3O2/c1-10-8-14-16-12(11-6-4-3-5-7-11)9-13(15(19)20-2)18(14)17-10/h3-9H,1-2H3. The van der Waals surface area contributed by atoms with E-state index in [0.717, 1.165) is 17.0 Å². The van der Waals surface area contributed by atoms with Crippen molar-refractivity contribution in [1.29, 1.82) is 0 Å². The van der Waals surface area contributed by atoms with Crippen LogP contribution in [0.3, 0.4) is 0 Å². The van der Waals surface area contributed by atoms with Gasteiger partial charge in [0.1, 0.15) is 0 Å². The molecule has 20 heavy (non-hydrogen) atoms. The van der Waals surface area contributed by atoms with E-state index in [-0.39, 0.29) is 0 Å². The molecule has 5 nitrogen and oxygen atoms in total. The van der Waals surface area contributed by atoms with Crippen LogP contribution in [0.25, 0.3) is 16.9 Å². The third-order valence-corrected chi connectivity index (χ3v) is 3.01. The van der Waals surface area contributed by atoms with Gasteiger partial charge in [-0.1, -0.05) is 30.3 Å². The minimum absolute atomic E-state index is 0.365. The Morgan fingerprint density at radius 3 is 2.65 bits per heavy atom. The average Bonchev–Trinajstić information content (AvgIpc) is 2.86. The predicted octanol–water partition coefficient (Wildman–Crippen LogP) is 2.49. The highest BCUT2D eigenvalue weighted by atomic mass is 16.5. The van der Waals surface area contributed by atoms with Crippen molar-refractivity contribution in [3.8, 4) is 11.3 Å². The van der Waals surface area contributed by atoms with Crippen LogP contribution in [-0.4, -0.2) is 27.7 Å². The molecule has 0 saturated heterocycles. The fourth-order valence-electron chi connectivity index (χ4n) is 2.10. The first-order valence-electron chi connectivity index (χ1n) is 6.20. The molecular formula is C15H13N3O2. The smallest absolute Gasteiger partial charge is 0.356 e. The van der Waals surface area contributed by atoms with Gasteiger partial charge in [0.15, 0.2) is 11.3 Å². The van der Waals surface area contributed by atoms with Crippen molar-refractivity contribution in [3.63, 3.8) is 0 Å². The second-order valence-corrected chi connectivity index (χ2v) is 4.44. The number of benzene rings is 1. The van der Waals surface area contributed by atoms with Crippen molar-refractivity contribution in [2.75, 3.05) is 7.11 Å². The topological polar surface area (TPSA) is 56.5 Å². The van der Waals surface area contributed by atoms with E-state index in [0.29, 0.717) is 11.3 Å². The summed E-state index contributed by atoms with van der Waals surface area (Å²) in [6.45, 7) is 1.86. The van der Waals surface area contributed by atoms with Gasteiger partial charge in [0.05, 0.1) is 18.5 Å². The molecule has 0 aliphatic heterocycles. The Morgan fingerprint density at radius 1 is 1.20 bits per heavy atom. The fraction of sp³-hybridized carbons (Fsp3) is 0.133. The number of aryl methyl sites for hydroxylation is 1. The Balaban J connectivity index is 2.27. The zero-order valence-electron chi connectivity index (χ0n) is 11.2. The lowest BCUT2D eigenvalue weighted by Crippen LogP contribution is -2.10. The highest BCUT2D eigenvalue weighted by molar-refractivity contribution is 5.89. The zero-order chi connectivity index (χ0) is 14.1. The number of methoxy groups -OCH3 is 1. The maximum absolute atomic E-state index is 11.9. The molecule has 0 spiro atoms. The number of carbonyl (C=O) groups excluding carboxylic acids is 1. The van der Waals surface area contributed by atoms with Gasteiger partial charge in [-0.2, -0.15) is 5.10 Å². The summed E-state index contributed by atoms with van der Waals surface area (Å²) in [5, 5.41) is 4.27. The lowest BCUT2D eigenvalue weighted by atomic mass is 10.1. The van der Waals surface area contributed by atoms with E-state index in [2.05, 4.69) is 10.1 Å². The van der Waals surface area contributed by atoms with Gasteiger partial charge >= 0.3 is 5.97 Å². The van der Waals surface area contributed by atoms with Crippen LogP contribution in [0, 0.1) is 6.92 Å². The number of nitrogens with zero attached hydrogens (tertiary/aromatic N) is 3. The highest BCUT2D eigenvalue weighted by Gasteiger charge is 2.15. The first-order chi connectivity index (χ1) is 9.69. The molecule has 100 valence electrons. The molecule has 0 aliphatic rings. The van der Waals surface area contributed by atoms with Crippen molar-refractivity contribution in [2.24, 2.45) is 0 Å². The van der Waals surface area contributed by atoms with E-state index >= 15 is 0 Å². The molecule has 0 aliphatic carbocycles. The molecule has 0 bridgehead atoms. The van der Waals surface area contributed by atoms with Crippen LogP contribution in [0.2, 0.25) is 0 Å². The Hall–Kier alpha value is -2.69. The lowest BCUT2D eigenvalue weighted by Gasteiger charge is -2.06. The Bertz CT molecular complexity index is 778. The van der Waals surface area contributed by atoms with Gasteiger partial charge in [-0.05, 0) is 13.0 Å². The highest BCUT2D eigenvalue weighted by Crippen LogP contribution is 2.20. The van der Waals surface area contributed by atoms with Crippen molar-refractivity contribution in [1.82, 2.24) is 14.6 Å². The Labute approximate surface area is 115 Å². The second-order valence-electron chi connectivity index (χ2n) is 4.44. The summed E-state index contributed by atoms with van der Waals surface area (Å²) in [6, 6.07) is 13.2. The van der Waals surface area contributed by atoms with Gasteiger partial charge in [0.2, 0.25) is 0 Å². The number of rotatable bonds is 2. The summed E-state index contributed by atoms with van der Waals surface area (Å²) in [7, 11) is 1.35. The monoisotopic (exact) mass is 267 g/mol. The molecule has 2 aromatic heterocycles. The van der Waals surface area contributed by atoms with Gasteiger partial charge < -0.3 is 4.74 Å². The van der Waals surface area contributed by atoms with Gasteiger partial charge in [0.25, 0.3) is 0 Å². The molecule has 0 saturated carbocycles. The van der Waals surface area contributed by atoms with Crippen LogP contribution < -0.4 is 0 Å². The van der Waals surface area contributed by atoms with Crippen LogP contribution in [0.5, 0.6) is 0 Å². The molecule has 3 rings (SSSR count). The van der Waals surface area contributed by atoms with E-state index in [1.807, 2.05) is 43.3 Å². The molecule has 1 aromatic carbocycles. The third-order valence-electron chi connectivity index (χ3n) is 3.01. The predicted molar refractivity (Wildman–Crippen MR) is 74.5 cm³/mol. The minimum Gasteiger partial charge on any atom is -0.464 e. The number of aromatic nitrogens is 3. The van der Waals surface area contributed by atoms with Crippen LogP contribution >= 0.6 is 0 Å². The van der Waals surface area contributed by atoms with E-state index in [4.69, 9.17) is 4.74 Å². The average molecular weight is 267 g/mol. The van der Waals surface area contributed by atoms with Crippen molar-refractivity contribution in [3.05, 3.63) is 53.9 Å². The largest absolute Gasteiger partial charge is 0.464 e. The fourth-order valence-corrected chi connectivity index (χ4v) is 2.10. The number of carbonyl (C=O) groups is 1. The minimum atomic E-state index is -0.433. The molecule has 2 heterocycles. The summed E-state index contributed by atoms with van der Waals surface area (Å²) in [4.78, 5) is 16.4. The van der Waals surface area contributed by atoms with E-state index in [1.165, 1.54) is 11.6 Å². The second kappa shape index (κ2) is 4.77. The zero-order valence-corrected chi connectivity index (χ0v) is 11.2. The molecule has 5 heteroatoms. The molecule has 0 unspecified atom stereocenters. The molecule has 0 N–H and O–H groups in total. The van der Waals surface area contributed by atoms with Crippen LogP contribution in [0.4, 0.5) is 0 Å². The molecule has 0 atom stereocenters. The lowest BCUT2D eigenvalue weighted by molar-refractivity contribution is 0.0590. The summed E-state index contributed by atoms with van der Waals surface area (Å²) in [5.41, 5.74) is 3.46. The Kier molecular flexibility index (Phi) is 2.95. The molecule has 3 aromatic rings. The van der Waals surface area contributed by atoms with E-state index < -0.39 is 5.97 Å². The van der Waals surface area contributed by atoms with Gasteiger partial charge in [-0.15, -0.1) is 0 Å². The molecule has 0 radical (unpaired) electrons. The Morgan fingerprint density at radius 2 is 1.95 bits per heavy atom. The van der Waals surface area contributed by atoms with Gasteiger partial charge in [0, 0.05) is 11.6 Å². The number of esters is 1. The van der Waals surface area contributed by atoms with E-state index in [1.54, 1.807) is 6.07 Å². The number of hydrogen-bond acceptors (Lipinski definition) is 4. The maximum Gasteiger partial charge on any atom is 0.356 e. The first-order valence-corrected chi connectivity index (χ1v) is 6.20. The van der Waals surface area contributed by atoms with E-state index in [9.17, 15) is 4.79 Å². The number of fused-ring (bicyclic) bond motifs is 1. The third kappa shape index (κ3) is 2.03. The number of hydrogen-bond donors (Lipinski definition) is 0. The molecule has 0 fully saturated rings.